The Balaban J connectivity index is 2.89. The lowest BCUT2D eigenvalue weighted by atomic mass is 9.74. The molecule has 0 amide bonds. The van der Waals surface area contributed by atoms with Gasteiger partial charge in [-0.3, -0.25) is 4.79 Å². The molecule has 20 heavy (non-hydrogen) atoms. The van der Waals surface area contributed by atoms with Crippen molar-refractivity contribution in [3.05, 3.63) is 12.4 Å². The zero-order valence-electron chi connectivity index (χ0n) is 12.7. The van der Waals surface area contributed by atoms with Gasteiger partial charge in [0.15, 0.2) is 0 Å². The van der Waals surface area contributed by atoms with Crippen LogP contribution in [0.1, 0.15) is 41.0 Å². The van der Waals surface area contributed by atoms with Crippen molar-refractivity contribution in [1.82, 2.24) is 9.97 Å². The molecule has 112 valence electrons. The second-order valence-corrected chi connectivity index (χ2v) is 5.77. The summed E-state index contributed by atoms with van der Waals surface area (Å²) in [6.45, 7) is 9.61. The van der Waals surface area contributed by atoms with E-state index < -0.39 is 16.9 Å². The van der Waals surface area contributed by atoms with Crippen LogP contribution in [-0.4, -0.2) is 33.2 Å². The summed E-state index contributed by atoms with van der Waals surface area (Å²) in [6.07, 6.45) is 2.29. The third-order valence-electron chi connectivity index (χ3n) is 3.63. The Morgan fingerprint density at radius 1 is 1.35 bits per heavy atom. The molecule has 0 aromatic carbocycles. The lowest BCUT2D eigenvalue weighted by Gasteiger charge is -2.39. The van der Waals surface area contributed by atoms with Gasteiger partial charge < -0.3 is 15.2 Å². The summed E-state index contributed by atoms with van der Waals surface area (Å²) in [5.74, 6) is 0.158. The van der Waals surface area contributed by atoms with Gasteiger partial charge in [-0.1, -0.05) is 6.92 Å². The fourth-order valence-corrected chi connectivity index (χ4v) is 1.44. The summed E-state index contributed by atoms with van der Waals surface area (Å²) < 4.78 is 5.44. The van der Waals surface area contributed by atoms with E-state index in [1.165, 1.54) is 6.33 Å². The molecule has 1 aromatic heterocycles. The Labute approximate surface area is 119 Å². The average Bonchev–Trinajstić information content (AvgIpc) is 2.35. The highest BCUT2D eigenvalue weighted by Crippen LogP contribution is 2.33. The van der Waals surface area contributed by atoms with Crippen LogP contribution in [0.25, 0.3) is 0 Å². The van der Waals surface area contributed by atoms with E-state index in [4.69, 9.17) is 4.74 Å². The number of carbonyl (C=O) groups is 1. The monoisotopic (exact) mass is 281 g/mol. The van der Waals surface area contributed by atoms with Gasteiger partial charge in [0.05, 0.1) is 12.0 Å². The van der Waals surface area contributed by atoms with Crippen LogP contribution in [0.5, 0.6) is 5.88 Å². The Hall–Kier alpha value is -1.85. The summed E-state index contributed by atoms with van der Waals surface area (Å²) >= 11 is 0. The van der Waals surface area contributed by atoms with Crippen LogP contribution in [0.2, 0.25) is 0 Å². The highest BCUT2D eigenvalue weighted by molar-refractivity contribution is 5.76. The molecule has 0 saturated carbocycles. The Morgan fingerprint density at radius 3 is 2.55 bits per heavy atom. The number of nitrogens with zero attached hydrogens (tertiary/aromatic N) is 2. The summed E-state index contributed by atoms with van der Waals surface area (Å²) in [7, 11) is 0. The number of ether oxygens (including phenoxy) is 1. The van der Waals surface area contributed by atoms with Crippen LogP contribution in [0, 0.1) is 5.41 Å². The molecule has 0 bridgehead atoms. The van der Waals surface area contributed by atoms with E-state index in [9.17, 15) is 9.90 Å². The van der Waals surface area contributed by atoms with Crippen LogP contribution in [0.3, 0.4) is 0 Å². The van der Waals surface area contributed by atoms with E-state index in [2.05, 4.69) is 15.3 Å². The molecule has 1 heterocycles. The predicted molar refractivity (Wildman–Crippen MR) is 76.9 cm³/mol. The molecule has 2 N–H and O–H groups in total. The third-order valence-corrected chi connectivity index (χ3v) is 3.63. The van der Waals surface area contributed by atoms with E-state index in [0.717, 1.165) is 6.42 Å². The normalized spacial score (nSPS) is 12.1. The van der Waals surface area contributed by atoms with Crippen molar-refractivity contribution in [2.75, 3.05) is 11.9 Å². The summed E-state index contributed by atoms with van der Waals surface area (Å²) in [6, 6.07) is 1.68. The van der Waals surface area contributed by atoms with E-state index in [1.54, 1.807) is 19.9 Å². The van der Waals surface area contributed by atoms with E-state index >= 15 is 0 Å². The minimum atomic E-state index is -0.956. The highest BCUT2D eigenvalue weighted by atomic mass is 16.5. The molecular formula is C14H23N3O3. The Bertz CT molecular complexity index is 472. The number of hydrogen-bond acceptors (Lipinski definition) is 5. The number of carboxylic acid groups (broad SMARTS) is 1. The van der Waals surface area contributed by atoms with Crippen molar-refractivity contribution in [2.45, 2.75) is 46.6 Å². The van der Waals surface area contributed by atoms with E-state index in [-0.39, 0.29) is 0 Å². The van der Waals surface area contributed by atoms with Crippen LogP contribution in [-0.2, 0) is 4.79 Å². The van der Waals surface area contributed by atoms with Gasteiger partial charge >= 0.3 is 5.97 Å². The molecule has 0 radical (unpaired) electrons. The molecule has 6 nitrogen and oxygen atoms in total. The Morgan fingerprint density at radius 2 is 2.00 bits per heavy atom. The number of aromatic nitrogens is 2. The summed E-state index contributed by atoms with van der Waals surface area (Å²) in [5.41, 5.74) is -1.64. The Kier molecular flexibility index (Phi) is 4.92. The van der Waals surface area contributed by atoms with Crippen molar-refractivity contribution in [2.24, 2.45) is 5.41 Å². The number of hydrogen-bond donors (Lipinski definition) is 2. The van der Waals surface area contributed by atoms with Gasteiger partial charge in [-0.15, -0.1) is 0 Å². The molecule has 0 unspecified atom stereocenters. The maximum Gasteiger partial charge on any atom is 0.311 e. The molecule has 0 fully saturated rings. The zero-order valence-corrected chi connectivity index (χ0v) is 12.7. The standard InChI is InChI=1S/C14H23N3O3/c1-6-7-20-11-8-10(15-9-16-11)17-14(4,5)13(2,3)12(18)19/h8-9H,6-7H2,1-5H3,(H,18,19)(H,15,16,17). The quantitative estimate of drug-likeness (QED) is 0.799. The van der Waals surface area contributed by atoms with Crippen molar-refractivity contribution < 1.29 is 14.6 Å². The molecule has 0 aliphatic heterocycles. The topological polar surface area (TPSA) is 84.3 Å². The van der Waals surface area contributed by atoms with Crippen molar-refractivity contribution in [3.8, 4) is 5.88 Å². The van der Waals surface area contributed by atoms with Crippen LogP contribution < -0.4 is 10.1 Å². The first-order valence-corrected chi connectivity index (χ1v) is 6.67. The molecule has 6 heteroatoms. The van der Waals surface area contributed by atoms with Gasteiger partial charge in [0, 0.05) is 11.6 Å². The van der Waals surface area contributed by atoms with Crippen molar-refractivity contribution in [1.29, 1.82) is 0 Å². The fraction of sp³-hybridized carbons (Fsp3) is 0.643. The maximum absolute atomic E-state index is 11.4. The second kappa shape index (κ2) is 6.07. The molecular weight excluding hydrogens is 258 g/mol. The first-order valence-electron chi connectivity index (χ1n) is 6.67. The molecule has 1 aromatic rings. The lowest BCUT2D eigenvalue weighted by molar-refractivity contribution is -0.149. The number of nitrogens with one attached hydrogen (secondary N) is 1. The predicted octanol–water partition coefficient (Wildman–Crippen LogP) is 2.57. The lowest BCUT2D eigenvalue weighted by Crippen LogP contribution is -2.50. The van der Waals surface area contributed by atoms with Gasteiger partial charge in [0.2, 0.25) is 5.88 Å². The van der Waals surface area contributed by atoms with E-state index in [1.807, 2.05) is 20.8 Å². The molecule has 0 atom stereocenters. The first-order chi connectivity index (χ1) is 9.20. The SMILES string of the molecule is CCCOc1cc(NC(C)(C)C(C)(C)C(=O)O)ncn1. The number of carboxylic acids is 1. The van der Waals surface area contributed by atoms with Gasteiger partial charge in [-0.25, -0.2) is 9.97 Å². The fourth-order valence-electron chi connectivity index (χ4n) is 1.44. The second-order valence-electron chi connectivity index (χ2n) is 5.77. The molecule has 1 rings (SSSR count). The molecule has 0 aliphatic carbocycles. The molecule has 0 saturated heterocycles. The van der Waals surface area contributed by atoms with Gasteiger partial charge in [0.25, 0.3) is 0 Å². The third kappa shape index (κ3) is 3.59. The van der Waals surface area contributed by atoms with Crippen LogP contribution in [0.15, 0.2) is 12.4 Å². The summed E-state index contributed by atoms with van der Waals surface area (Å²) in [4.78, 5) is 19.5. The average molecular weight is 281 g/mol. The molecule has 0 aliphatic rings. The van der Waals surface area contributed by atoms with Crippen LogP contribution in [0.4, 0.5) is 5.82 Å². The van der Waals surface area contributed by atoms with Crippen LogP contribution >= 0.6 is 0 Å². The largest absolute Gasteiger partial charge is 0.481 e. The first kappa shape index (κ1) is 16.2. The smallest absolute Gasteiger partial charge is 0.311 e. The number of rotatable bonds is 7. The molecule has 0 spiro atoms. The van der Waals surface area contributed by atoms with Crippen molar-refractivity contribution >= 4 is 11.8 Å². The van der Waals surface area contributed by atoms with Gasteiger partial charge in [-0.2, -0.15) is 0 Å². The minimum Gasteiger partial charge on any atom is -0.481 e. The number of aliphatic carboxylic acids is 1. The van der Waals surface area contributed by atoms with E-state index in [0.29, 0.717) is 18.3 Å². The minimum absolute atomic E-state index is 0.480. The zero-order chi connectivity index (χ0) is 15.4. The van der Waals surface area contributed by atoms with Gasteiger partial charge in [-0.05, 0) is 34.1 Å². The highest BCUT2D eigenvalue weighted by Gasteiger charge is 2.43. The number of anilines is 1. The maximum atomic E-state index is 11.4. The van der Waals surface area contributed by atoms with Crippen molar-refractivity contribution in [3.63, 3.8) is 0 Å². The summed E-state index contributed by atoms with van der Waals surface area (Å²) in [5, 5.41) is 12.5. The van der Waals surface area contributed by atoms with Gasteiger partial charge in [0.1, 0.15) is 12.1 Å².